The van der Waals surface area contributed by atoms with Gasteiger partial charge in [0.15, 0.2) is 0 Å². The van der Waals surface area contributed by atoms with Crippen LogP contribution in [0.5, 0.6) is 0 Å². The van der Waals surface area contributed by atoms with Gasteiger partial charge in [0.25, 0.3) is 11.8 Å². The zero-order valence-electron chi connectivity index (χ0n) is 12.8. The van der Waals surface area contributed by atoms with Crippen molar-refractivity contribution in [3.8, 4) is 0 Å². The smallest absolute Gasteiger partial charge is 0.259 e. The monoisotopic (exact) mass is 347 g/mol. The van der Waals surface area contributed by atoms with Crippen LogP contribution in [0.3, 0.4) is 0 Å². The number of halogens is 2. The molecule has 0 fully saturated rings. The van der Waals surface area contributed by atoms with Crippen molar-refractivity contribution in [3.05, 3.63) is 70.5 Å². The van der Waals surface area contributed by atoms with Gasteiger partial charge >= 0.3 is 0 Å². The van der Waals surface area contributed by atoms with Gasteiger partial charge in [-0.3, -0.25) is 9.59 Å². The lowest BCUT2D eigenvalue weighted by molar-refractivity contribution is -0.120. The van der Waals surface area contributed by atoms with Gasteiger partial charge in [-0.1, -0.05) is 23.7 Å². The van der Waals surface area contributed by atoms with Crippen LogP contribution in [-0.2, 0) is 4.79 Å². The first-order chi connectivity index (χ1) is 11.5. The summed E-state index contributed by atoms with van der Waals surface area (Å²) >= 11 is 5.80. The molecule has 2 aromatic carbocycles. The summed E-state index contributed by atoms with van der Waals surface area (Å²) in [7, 11) is 0. The van der Waals surface area contributed by atoms with Crippen molar-refractivity contribution >= 4 is 29.1 Å². The predicted octanol–water partition coefficient (Wildman–Crippen LogP) is 2.75. The van der Waals surface area contributed by atoms with E-state index in [1.807, 2.05) is 0 Å². The molecule has 2 amide bonds. The van der Waals surface area contributed by atoms with Crippen LogP contribution in [0, 0.1) is 5.82 Å². The van der Waals surface area contributed by atoms with Crippen molar-refractivity contribution in [2.24, 2.45) is 5.10 Å². The minimum absolute atomic E-state index is 0.242. The number of carbonyl (C=O) groups is 2. The fourth-order valence-electron chi connectivity index (χ4n) is 1.81. The van der Waals surface area contributed by atoms with Crippen LogP contribution in [0.2, 0.25) is 5.02 Å². The van der Waals surface area contributed by atoms with E-state index < -0.39 is 17.6 Å². The lowest BCUT2D eigenvalue weighted by Gasteiger charge is -2.05. The number of hydrogen-bond donors (Lipinski definition) is 2. The fourth-order valence-corrected chi connectivity index (χ4v) is 1.93. The maximum atomic E-state index is 12.8. The Morgan fingerprint density at radius 3 is 2.25 bits per heavy atom. The van der Waals surface area contributed by atoms with Gasteiger partial charge in [-0.15, -0.1) is 0 Å². The van der Waals surface area contributed by atoms with Crippen molar-refractivity contribution in [3.63, 3.8) is 0 Å². The Hall–Kier alpha value is -2.73. The molecule has 0 bridgehead atoms. The van der Waals surface area contributed by atoms with E-state index in [0.717, 1.165) is 5.56 Å². The van der Waals surface area contributed by atoms with Crippen molar-refractivity contribution in [1.29, 1.82) is 0 Å². The number of carbonyl (C=O) groups excluding carboxylic acids is 2. The SMILES string of the molecule is C/C(=N/NC(=O)CNC(=O)c1ccc(F)cc1)c1ccc(Cl)cc1. The summed E-state index contributed by atoms with van der Waals surface area (Å²) in [4.78, 5) is 23.5. The minimum Gasteiger partial charge on any atom is -0.343 e. The van der Waals surface area contributed by atoms with Gasteiger partial charge in [-0.05, 0) is 48.9 Å². The summed E-state index contributed by atoms with van der Waals surface area (Å²) < 4.78 is 12.8. The molecule has 7 heteroatoms. The molecule has 0 heterocycles. The summed E-state index contributed by atoms with van der Waals surface area (Å²) in [6.07, 6.45) is 0. The predicted molar refractivity (Wildman–Crippen MR) is 90.5 cm³/mol. The van der Waals surface area contributed by atoms with Crippen LogP contribution in [0.4, 0.5) is 4.39 Å². The van der Waals surface area contributed by atoms with Crippen molar-refractivity contribution in [2.45, 2.75) is 6.92 Å². The summed E-state index contributed by atoms with van der Waals surface area (Å²) in [5.74, 6) is -1.38. The molecule has 0 spiro atoms. The molecule has 0 saturated heterocycles. The molecule has 0 aromatic heterocycles. The number of hydrogen-bond acceptors (Lipinski definition) is 3. The number of rotatable bonds is 5. The Bertz CT molecular complexity index is 758. The Kier molecular flexibility index (Phi) is 6.03. The van der Waals surface area contributed by atoms with Crippen LogP contribution in [0.1, 0.15) is 22.8 Å². The zero-order chi connectivity index (χ0) is 17.5. The summed E-state index contributed by atoms with van der Waals surface area (Å²) in [6.45, 7) is 1.49. The molecule has 24 heavy (non-hydrogen) atoms. The average Bonchev–Trinajstić information content (AvgIpc) is 2.58. The molecule has 2 N–H and O–H groups in total. The normalized spacial score (nSPS) is 11.0. The number of nitrogens with one attached hydrogen (secondary N) is 2. The second-order valence-corrected chi connectivity index (χ2v) is 5.37. The van der Waals surface area contributed by atoms with E-state index in [1.165, 1.54) is 24.3 Å². The molecule has 5 nitrogen and oxygen atoms in total. The highest BCUT2D eigenvalue weighted by Crippen LogP contribution is 2.10. The second-order valence-electron chi connectivity index (χ2n) is 4.93. The van der Waals surface area contributed by atoms with Gasteiger partial charge < -0.3 is 5.32 Å². The lowest BCUT2D eigenvalue weighted by atomic mass is 10.1. The standard InChI is InChI=1S/C17H15ClFN3O2/c1-11(12-2-6-14(18)7-3-12)21-22-16(23)10-20-17(24)13-4-8-15(19)9-5-13/h2-9H,10H2,1H3,(H,20,24)(H,22,23)/b21-11-. The van der Waals surface area contributed by atoms with Gasteiger partial charge in [0.1, 0.15) is 5.82 Å². The third-order valence-electron chi connectivity index (χ3n) is 3.13. The fraction of sp³-hybridized carbons (Fsp3) is 0.118. The quantitative estimate of drug-likeness (QED) is 0.645. The van der Waals surface area contributed by atoms with E-state index in [1.54, 1.807) is 31.2 Å². The molecule has 0 saturated carbocycles. The van der Waals surface area contributed by atoms with E-state index in [-0.39, 0.29) is 12.1 Å². The maximum Gasteiger partial charge on any atom is 0.259 e. The molecule has 0 atom stereocenters. The summed E-state index contributed by atoms with van der Waals surface area (Å²) in [6, 6.07) is 12.0. The highest BCUT2D eigenvalue weighted by atomic mass is 35.5. The van der Waals surface area contributed by atoms with Gasteiger partial charge in [-0.2, -0.15) is 5.10 Å². The van der Waals surface area contributed by atoms with Gasteiger partial charge in [-0.25, -0.2) is 9.82 Å². The zero-order valence-corrected chi connectivity index (χ0v) is 13.6. The van der Waals surface area contributed by atoms with Crippen LogP contribution in [0.25, 0.3) is 0 Å². The minimum atomic E-state index is -0.473. The molecular formula is C17H15ClFN3O2. The Balaban J connectivity index is 1.84. The molecule has 0 radical (unpaired) electrons. The number of nitrogens with zero attached hydrogens (tertiary/aromatic N) is 1. The Morgan fingerprint density at radius 1 is 1.04 bits per heavy atom. The molecule has 0 aliphatic rings. The van der Waals surface area contributed by atoms with Crippen molar-refractivity contribution in [1.82, 2.24) is 10.7 Å². The van der Waals surface area contributed by atoms with Gasteiger partial charge in [0.05, 0.1) is 12.3 Å². The highest BCUT2D eigenvalue weighted by molar-refractivity contribution is 6.30. The summed E-state index contributed by atoms with van der Waals surface area (Å²) in [5.41, 5.74) is 4.04. The molecule has 124 valence electrons. The molecule has 0 unspecified atom stereocenters. The van der Waals surface area contributed by atoms with E-state index in [9.17, 15) is 14.0 Å². The maximum absolute atomic E-state index is 12.8. The van der Waals surface area contributed by atoms with Crippen molar-refractivity contribution in [2.75, 3.05) is 6.54 Å². The van der Waals surface area contributed by atoms with Crippen molar-refractivity contribution < 1.29 is 14.0 Å². The lowest BCUT2D eigenvalue weighted by Crippen LogP contribution is -2.35. The first-order valence-corrected chi connectivity index (χ1v) is 7.46. The molecule has 2 aromatic rings. The molecule has 0 aliphatic heterocycles. The average molecular weight is 348 g/mol. The summed E-state index contributed by atoms with van der Waals surface area (Å²) in [5, 5.41) is 7.00. The topological polar surface area (TPSA) is 70.6 Å². The van der Waals surface area contributed by atoms with E-state index in [2.05, 4.69) is 15.8 Å². The molecule has 0 aliphatic carbocycles. The van der Waals surface area contributed by atoms with Crippen LogP contribution in [0.15, 0.2) is 53.6 Å². The third-order valence-corrected chi connectivity index (χ3v) is 3.38. The first kappa shape index (κ1) is 17.6. The molecular weight excluding hydrogens is 333 g/mol. The van der Waals surface area contributed by atoms with E-state index in [4.69, 9.17) is 11.6 Å². The van der Waals surface area contributed by atoms with Crippen LogP contribution < -0.4 is 10.7 Å². The number of amides is 2. The van der Waals surface area contributed by atoms with Crippen LogP contribution >= 0.6 is 11.6 Å². The second kappa shape index (κ2) is 8.21. The van der Waals surface area contributed by atoms with Gasteiger partial charge in [0.2, 0.25) is 0 Å². The number of hydrazone groups is 1. The molecule has 2 rings (SSSR count). The Morgan fingerprint density at radius 2 is 1.62 bits per heavy atom. The largest absolute Gasteiger partial charge is 0.343 e. The highest BCUT2D eigenvalue weighted by Gasteiger charge is 2.08. The Labute approximate surface area is 143 Å². The van der Waals surface area contributed by atoms with Gasteiger partial charge in [0, 0.05) is 10.6 Å². The van der Waals surface area contributed by atoms with Crippen LogP contribution in [-0.4, -0.2) is 24.1 Å². The first-order valence-electron chi connectivity index (χ1n) is 7.08. The third kappa shape index (κ3) is 5.17. The van der Waals surface area contributed by atoms with E-state index in [0.29, 0.717) is 10.7 Å². The van der Waals surface area contributed by atoms with E-state index >= 15 is 0 Å². The number of benzene rings is 2.